The summed E-state index contributed by atoms with van der Waals surface area (Å²) in [6.45, 7) is 4.40. The highest BCUT2D eigenvalue weighted by atomic mass is 16.5. The van der Waals surface area contributed by atoms with Crippen LogP contribution in [0.5, 0.6) is 0 Å². The Morgan fingerprint density at radius 3 is 2.23 bits per heavy atom. The average molecular weight is 465 g/mol. The van der Waals surface area contributed by atoms with Crippen LogP contribution < -0.4 is 10.6 Å². The van der Waals surface area contributed by atoms with Crippen molar-refractivity contribution in [1.82, 2.24) is 19.8 Å². The molecular formula is C28H24N4O3. The molecule has 0 saturated carbocycles. The molecule has 2 N–H and O–H groups in total. The maximum absolute atomic E-state index is 13.3. The number of benzene rings is 3. The highest BCUT2D eigenvalue weighted by molar-refractivity contribution is 6.39. The number of nitrogens with zero attached hydrogens (tertiary/aromatic N) is 2. The molecule has 0 unspecified atom stereocenters. The van der Waals surface area contributed by atoms with Crippen molar-refractivity contribution in [2.24, 2.45) is 5.92 Å². The number of para-hydroxylation sites is 2. The van der Waals surface area contributed by atoms with Crippen molar-refractivity contribution < 1.29 is 14.3 Å². The predicted molar refractivity (Wildman–Crippen MR) is 135 cm³/mol. The van der Waals surface area contributed by atoms with Crippen molar-refractivity contribution in [1.29, 1.82) is 0 Å². The zero-order valence-corrected chi connectivity index (χ0v) is 19.7. The van der Waals surface area contributed by atoms with E-state index in [0.29, 0.717) is 11.1 Å². The van der Waals surface area contributed by atoms with Crippen LogP contribution in [-0.4, -0.2) is 34.0 Å². The van der Waals surface area contributed by atoms with Gasteiger partial charge in [-0.15, -0.1) is 0 Å². The summed E-state index contributed by atoms with van der Waals surface area (Å²) < 4.78 is 11.6. The van der Waals surface area contributed by atoms with E-state index in [1.54, 1.807) is 0 Å². The van der Waals surface area contributed by atoms with E-state index in [1.165, 1.54) is 0 Å². The maximum atomic E-state index is 13.3. The number of hydrogen-bond donors (Lipinski definition) is 2. The molecule has 4 atom stereocenters. The van der Waals surface area contributed by atoms with Gasteiger partial charge in [0.05, 0.1) is 33.2 Å². The first kappa shape index (κ1) is 19.6. The Kier molecular flexibility index (Phi) is 3.42. The fourth-order valence-electron chi connectivity index (χ4n) is 7.17. The lowest BCUT2D eigenvalue weighted by Gasteiger charge is -2.48. The molecule has 8 rings (SSSR count). The standard InChI is InChI=1S/C28H24N4O3/c1-13-16(29-3)12-19-31-17-10-6-4-8-14(17)20-22-23(27(34)30-26(22)33)21-15-9-5-7-11-18(15)32(25(21)24(20)31)28(13,2)35-19/h4-11,13,16,19,29H,12H2,1-3H3,(H,30,33,34)/t13-,16-,19-,28+/m1/s1. The van der Waals surface area contributed by atoms with Gasteiger partial charge in [-0.2, -0.15) is 0 Å². The summed E-state index contributed by atoms with van der Waals surface area (Å²) in [5.41, 5.74) is 4.25. The van der Waals surface area contributed by atoms with Crippen molar-refractivity contribution in [2.75, 3.05) is 7.05 Å². The Hall–Kier alpha value is -3.68. The minimum absolute atomic E-state index is 0.150. The molecule has 0 spiro atoms. The lowest BCUT2D eigenvalue weighted by atomic mass is 9.85. The molecule has 5 aromatic rings. The van der Waals surface area contributed by atoms with Crippen molar-refractivity contribution in [3.8, 4) is 0 Å². The Labute approximate surface area is 200 Å². The van der Waals surface area contributed by atoms with Gasteiger partial charge in [0, 0.05) is 39.9 Å². The number of amides is 2. The topological polar surface area (TPSA) is 77.3 Å². The normalized spacial score (nSPS) is 27.3. The summed E-state index contributed by atoms with van der Waals surface area (Å²) >= 11 is 0. The fraction of sp³-hybridized carbons (Fsp3) is 0.286. The van der Waals surface area contributed by atoms with E-state index in [1.807, 2.05) is 37.4 Å². The minimum Gasteiger partial charge on any atom is -0.332 e. The maximum Gasteiger partial charge on any atom is 0.259 e. The first-order chi connectivity index (χ1) is 17.0. The molecule has 5 heterocycles. The molecule has 3 aliphatic heterocycles. The van der Waals surface area contributed by atoms with Crippen LogP contribution in [-0.2, 0) is 10.5 Å². The molecule has 3 aromatic carbocycles. The number of imide groups is 1. The van der Waals surface area contributed by atoms with E-state index in [2.05, 4.69) is 51.8 Å². The molecule has 1 fully saturated rings. The van der Waals surface area contributed by atoms with Crippen LogP contribution in [0.4, 0.5) is 0 Å². The third kappa shape index (κ3) is 2.03. The van der Waals surface area contributed by atoms with Gasteiger partial charge in [-0.3, -0.25) is 14.9 Å². The van der Waals surface area contributed by atoms with Crippen molar-refractivity contribution in [2.45, 2.75) is 38.3 Å². The van der Waals surface area contributed by atoms with Gasteiger partial charge in [0.1, 0.15) is 12.0 Å². The summed E-state index contributed by atoms with van der Waals surface area (Å²) in [7, 11) is 2.01. The second-order valence-electron chi connectivity index (χ2n) is 10.3. The number of nitrogens with one attached hydrogen (secondary N) is 2. The molecule has 2 aromatic heterocycles. The number of carbonyl (C=O) groups excluding carboxylic acids is 2. The number of hydrogen-bond acceptors (Lipinski definition) is 4. The van der Waals surface area contributed by atoms with E-state index >= 15 is 0 Å². The van der Waals surface area contributed by atoms with Gasteiger partial charge in [0.2, 0.25) is 0 Å². The van der Waals surface area contributed by atoms with Crippen LogP contribution in [0.1, 0.15) is 47.2 Å². The van der Waals surface area contributed by atoms with Crippen LogP contribution in [0.3, 0.4) is 0 Å². The number of fused-ring (bicyclic) bond motifs is 13. The van der Waals surface area contributed by atoms with E-state index in [-0.39, 0.29) is 30.0 Å². The Bertz CT molecular complexity index is 1810. The Morgan fingerprint density at radius 1 is 0.943 bits per heavy atom. The first-order valence-electron chi connectivity index (χ1n) is 12.2. The van der Waals surface area contributed by atoms with E-state index < -0.39 is 5.72 Å². The number of carbonyl (C=O) groups is 2. The van der Waals surface area contributed by atoms with Gasteiger partial charge >= 0.3 is 0 Å². The van der Waals surface area contributed by atoms with Crippen LogP contribution in [0.15, 0.2) is 48.5 Å². The SMILES string of the molecule is CN[C@@H]1C[C@H]2O[C@@](C)([C@@H]1C)n1c3ccccc3c3c4c(c5c6ccccc6n2c5c31)C(=O)NC4=O. The number of aromatic nitrogens is 2. The highest BCUT2D eigenvalue weighted by Crippen LogP contribution is 2.54. The van der Waals surface area contributed by atoms with Crippen LogP contribution in [0.2, 0.25) is 0 Å². The summed E-state index contributed by atoms with van der Waals surface area (Å²) in [4.78, 5) is 26.6. The first-order valence-corrected chi connectivity index (χ1v) is 12.2. The molecule has 0 radical (unpaired) electrons. The molecule has 35 heavy (non-hydrogen) atoms. The lowest BCUT2D eigenvalue weighted by molar-refractivity contribution is -0.224. The van der Waals surface area contributed by atoms with E-state index in [4.69, 9.17) is 4.74 Å². The molecule has 0 aliphatic carbocycles. The average Bonchev–Trinajstić information content (AvgIpc) is 3.45. The Morgan fingerprint density at radius 2 is 1.54 bits per heavy atom. The second-order valence-corrected chi connectivity index (χ2v) is 10.3. The van der Waals surface area contributed by atoms with Crippen LogP contribution >= 0.6 is 0 Å². The third-order valence-electron chi connectivity index (χ3n) is 8.82. The highest BCUT2D eigenvalue weighted by Gasteiger charge is 2.51. The van der Waals surface area contributed by atoms with Crippen molar-refractivity contribution in [3.63, 3.8) is 0 Å². The van der Waals surface area contributed by atoms with Gasteiger partial charge in [-0.25, -0.2) is 0 Å². The molecule has 2 amide bonds. The summed E-state index contributed by atoms with van der Waals surface area (Å²) in [6, 6.07) is 16.5. The molecule has 3 aliphatic rings. The molecule has 1 saturated heterocycles. The largest absolute Gasteiger partial charge is 0.332 e. The summed E-state index contributed by atoms with van der Waals surface area (Å²) in [6.07, 6.45) is 0.573. The van der Waals surface area contributed by atoms with Gasteiger partial charge in [0.25, 0.3) is 11.8 Å². The molecule has 7 nitrogen and oxygen atoms in total. The molecule has 7 heteroatoms. The Balaban J connectivity index is 1.76. The van der Waals surface area contributed by atoms with Gasteiger partial charge in [-0.1, -0.05) is 43.3 Å². The van der Waals surface area contributed by atoms with E-state index in [0.717, 1.165) is 50.0 Å². The molecule has 2 bridgehead atoms. The predicted octanol–water partition coefficient (Wildman–Crippen LogP) is 4.62. The third-order valence-corrected chi connectivity index (χ3v) is 8.82. The minimum atomic E-state index is -0.668. The fourth-order valence-corrected chi connectivity index (χ4v) is 7.17. The van der Waals surface area contributed by atoms with Crippen molar-refractivity contribution in [3.05, 3.63) is 59.7 Å². The molecular weight excluding hydrogens is 440 g/mol. The summed E-state index contributed by atoms with van der Waals surface area (Å²) in [5.74, 6) is -0.504. The number of ether oxygens (including phenoxy) is 1. The number of rotatable bonds is 1. The zero-order chi connectivity index (χ0) is 23.8. The summed E-state index contributed by atoms with van der Waals surface area (Å²) in [5, 5.41) is 9.74. The van der Waals surface area contributed by atoms with Crippen LogP contribution in [0, 0.1) is 5.92 Å². The van der Waals surface area contributed by atoms with E-state index in [9.17, 15) is 9.59 Å². The smallest absolute Gasteiger partial charge is 0.259 e. The second kappa shape index (κ2) is 6.11. The lowest BCUT2D eigenvalue weighted by Crippen LogP contribution is -2.54. The van der Waals surface area contributed by atoms with Crippen molar-refractivity contribution >= 4 is 55.4 Å². The monoisotopic (exact) mass is 464 g/mol. The molecule has 174 valence electrons. The van der Waals surface area contributed by atoms with Gasteiger partial charge in [-0.05, 0) is 26.1 Å². The van der Waals surface area contributed by atoms with Gasteiger partial charge in [0.15, 0.2) is 0 Å². The quantitative estimate of drug-likeness (QED) is 0.355. The van der Waals surface area contributed by atoms with Crippen LogP contribution in [0.25, 0.3) is 43.6 Å². The van der Waals surface area contributed by atoms with Gasteiger partial charge < -0.3 is 19.2 Å². The zero-order valence-electron chi connectivity index (χ0n) is 19.7.